The minimum atomic E-state index is 1.08. The van der Waals surface area contributed by atoms with Crippen molar-refractivity contribution in [2.24, 2.45) is 5.92 Å². The molecular weight excluding hydrogens is 122 g/mol. The van der Waals surface area contributed by atoms with Crippen LogP contribution in [0.4, 0.5) is 0 Å². The van der Waals surface area contributed by atoms with Gasteiger partial charge in [0.05, 0.1) is 0 Å². The van der Waals surface area contributed by atoms with E-state index in [0.717, 1.165) is 5.92 Å². The summed E-state index contributed by atoms with van der Waals surface area (Å²) in [7, 11) is 0. The molecule has 0 aromatic carbocycles. The second-order valence-electron chi connectivity index (χ2n) is 3.80. The van der Waals surface area contributed by atoms with E-state index in [1.165, 1.54) is 51.7 Å². The smallest absolute Gasteiger partial charge is 0.000966 e. The zero-order valence-electron chi connectivity index (χ0n) is 6.68. The van der Waals surface area contributed by atoms with Crippen LogP contribution in [0.3, 0.4) is 0 Å². The number of rotatable bonds is 2. The molecule has 1 nitrogen and oxygen atoms in total. The van der Waals surface area contributed by atoms with Crippen molar-refractivity contribution in [3.8, 4) is 0 Å². The third-order valence-corrected chi connectivity index (χ3v) is 2.94. The summed E-state index contributed by atoms with van der Waals surface area (Å²) >= 11 is 0. The fourth-order valence-electron chi connectivity index (χ4n) is 2.01. The molecule has 1 aliphatic carbocycles. The van der Waals surface area contributed by atoms with Gasteiger partial charge in [0.1, 0.15) is 0 Å². The molecule has 0 spiro atoms. The van der Waals surface area contributed by atoms with Crippen LogP contribution in [0.15, 0.2) is 0 Å². The largest absolute Gasteiger partial charge is 0.303 e. The van der Waals surface area contributed by atoms with Crippen LogP contribution >= 0.6 is 0 Å². The van der Waals surface area contributed by atoms with Crippen LogP contribution in [0.5, 0.6) is 0 Å². The van der Waals surface area contributed by atoms with Crippen molar-refractivity contribution in [3.63, 3.8) is 0 Å². The van der Waals surface area contributed by atoms with Gasteiger partial charge >= 0.3 is 0 Å². The number of likely N-dealkylation sites (tertiary alicyclic amines) is 1. The highest BCUT2D eigenvalue weighted by Gasteiger charge is 2.21. The third kappa shape index (κ3) is 1.34. The zero-order chi connectivity index (χ0) is 6.81. The van der Waals surface area contributed by atoms with Crippen LogP contribution < -0.4 is 0 Å². The molecule has 1 heteroatoms. The maximum absolute atomic E-state index is 2.64. The zero-order valence-corrected chi connectivity index (χ0v) is 6.68. The lowest BCUT2D eigenvalue weighted by Gasteiger charge is -2.29. The topological polar surface area (TPSA) is 3.24 Å². The van der Waals surface area contributed by atoms with Gasteiger partial charge in [-0.15, -0.1) is 0 Å². The van der Waals surface area contributed by atoms with Gasteiger partial charge in [0.2, 0.25) is 0 Å². The van der Waals surface area contributed by atoms with Gasteiger partial charge in [0.25, 0.3) is 0 Å². The van der Waals surface area contributed by atoms with Crippen molar-refractivity contribution >= 4 is 0 Å². The van der Waals surface area contributed by atoms with Gasteiger partial charge in [-0.1, -0.05) is 6.42 Å². The summed E-state index contributed by atoms with van der Waals surface area (Å²) in [6.07, 6.45) is 7.42. The molecule has 0 amide bonds. The molecule has 0 radical (unpaired) electrons. The SMILES string of the molecule is C1CC(CN2CCCC2)C1. The van der Waals surface area contributed by atoms with Crippen LogP contribution in [-0.4, -0.2) is 24.5 Å². The Morgan fingerprint density at radius 3 is 2.20 bits per heavy atom. The Morgan fingerprint density at radius 1 is 1.00 bits per heavy atom. The summed E-state index contributed by atoms with van der Waals surface area (Å²) in [5, 5.41) is 0. The first kappa shape index (κ1) is 6.66. The predicted molar refractivity (Wildman–Crippen MR) is 43.0 cm³/mol. The molecule has 0 aromatic rings. The van der Waals surface area contributed by atoms with Gasteiger partial charge in [-0.2, -0.15) is 0 Å². The van der Waals surface area contributed by atoms with Crippen LogP contribution in [-0.2, 0) is 0 Å². The lowest BCUT2D eigenvalue weighted by Crippen LogP contribution is -2.30. The van der Waals surface area contributed by atoms with Crippen molar-refractivity contribution in [2.45, 2.75) is 32.1 Å². The standard InChI is InChI=1S/C9H17N/c1-2-7-10(6-1)8-9-4-3-5-9/h9H,1-8H2. The second kappa shape index (κ2) is 2.91. The minimum absolute atomic E-state index is 1.08. The Kier molecular flexibility index (Phi) is 1.94. The number of hydrogen-bond acceptors (Lipinski definition) is 1. The van der Waals surface area contributed by atoms with E-state index in [9.17, 15) is 0 Å². The first-order chi connectivity index (χ1) is 4.95. The fourth-order valence-corrected chi connectivity index (χ4v) is 2.01. The van der Waals surface area contributed by atoms with Crippen LogP contribution in [0, 0.1) is 5.92 Å². The molecule has 58 valence electrons. The molecule has 1 heterocycles. The van der Waals surface area contributed by atoms with Crippen molar-refractivity contribution in [1.29, 1.82) is 0 Å². The molecule has 0 N–H and O–H groups in total. The van der Waals surface area contributed by atoms with E-state index in [4.69, 9.17) is 0 Å². The van der Waals surface area contributed by atoms with E-state index < -0.39 is 0 Å². The Hall–Kier alpha value is -0.0400. The maximum Gasteiger partial charge on any atom is 0.000966 e. The molecule has 1 saturated heterocycles. The van der Waals surface area contributed by atoms with Gasteiger partial charge in [-0.25, -0.2) is 0 Å². The summed E-state index contributed by atoms with van der Waals surface area (Å²) in [6.45, 7) is 4.19. The molecular formula is C9H17N. The minimum Gasteiger partial charge on any atom is -0.303 e. The van der Waals surface area contributed by atoms with E-state index in [-0.39, 0.29) is 0 Å². The first-order valence-electron chi connectivity index (χ1n) is 4.67. The summed E-state index contributed by atoms with van der Waals surface area (Å²) < 4.78 is 0. The predicted octanol–water partition coefficient (Wildman–Crippen LogP) is 1.88. The van der Waals surface area contributed by atoms with Crippen LogP contribution in [0.1, 0.15) is 32.1 Å². The Balaban J connectivity index is 1.68. The van der Waals surface area contributed by atoms with E-state index in [1.807, 2.05) is 0 Å². The Morgan fingerprint density at radius 2 is 1.70 bits per heavy atom. The molecule has 0 bridgehead atoms. The van der Waals surface area contributed by atoms with E-state index >= 15 is 0 Å². The summed E-state index contributed by atoms with van der Waals surface area (Å²) in [5.41, 5.74) is 0. The van der Waals surface area contributed by atoms with E-state index in [0.29, 0.717) is 0 Å². The van der Waals surface area contributed by atoms with Crippen molar-refractivity contribution in [2.75, 3.05) is 19.6 Å². The normalized spacial score (nSPS) is 28.8. The highest BCUT2D eigenvalue weighted by Crippen LogP contribution is 2.27. The number of hydrogen-bond donors (Lipinski definition) is 0. The van der Waals surface area contributed by atoms with Gasteiger partial charge < -0.3 is 4.90 Å². The van der Waals surface area contributed by atoms with E-state index in [1.54, 1.807) is 0 Å². The lowest BCUT2D eigenvalue weighted by atomic mass is 9.85. The molecule has 2 fully saturated rings. The molecule has 0 unspecified atom stereocenters. The average molecular weight is 139 g/mol. The molecule has 2 aliphatic rings. The molecule has 0 atom stereocenters. The third-order valence-electron chi connectivity index (χ3n) is 2.94. The fraction of sp³-hybridized carbons (Fsp3) is 1.00. The average Bonchev–Trinajstić information content (AvgIpc) is 2.29. The van der Waals surface area contributed by atoms with Gasteiger partial charge in [0, 0.05) is 6.54 Å². The second-order valence-corrected chi connectivity index (χ2v) is 3.80. The molecule has 2 rings (SSSR count). The summed E-state index contributed by atoms with van der Waals surface area (Å²) in [6, 6.07) is 0. The maximum atomic E-state index is 2.64. The summed E-state index contributed by atoms with van der Waals surface area (Å²) in [4.78, 5) is 2.64. The molecule has 0 aromatic heterocycles. The quantitative estimate of drug-likeness (QED) is 0.564. The highest BCUT2D eigenvalue weighted by atomic mass is 15.1. The van der Waals surface area contributed by atoms with Crippen LogP contribution in [0.25, 0.3) is 0 Å². The Bertz CT molecular complexity index is 101. The van der Waals surface area contributed by atoms with E-state index in [2.05, 4.69) is 4.90 Å². The molecule has 1 aliphatic heterocycles. The van der Waals surface area contributed by atoms with Crippen LogP contribution in [0.2, 0.25) is 0 Å². The molecule has 1 saturated carbocycles. The highest BCUT2D eigenvalue weighted by molar-refractivity contribution is 4.76. The van der Waals surface area contributed by atoms with Crippen molar-refractivity contribution < 1.29 is 0 Å². The lowest BCUT2D eigenvalue weighted by molar-refractivity contribution is 0.205. The van der Waals surface area contributed by atoms with Gasteiger partial charge in [-0.3, -0.25) is 0 Å². The summed E-state index contributed by atoms with van der Waals surface area (Å²) in [5.74, 6) is 1.08. The number of nitrogens with zero attached hydrogens (tertiary/aromatic N) is 1. The van der Waals surface area contributed by atoms with Crippen molar-refractivity contribution in [3.05, 3.63) is 0 Å². The first-order valence-corrected chi connectivity index (χ1v) is 4.67. The monoisotopic (exact) mass is 139 g/mol. The van der Waals surface area contributed by atoms with Crippen molar-refractivity contribution in [1.82, 2.24) is 4.90 Å². The Labute approximate surface area is 63.4 Å². The molecule has 10 heavy (non-hydrogen) atoms. The van der Waals surface area contributed by atoms with Gasteiger partial charge in [0.15, 0.2) is 0 Å². The van der Waals surface area contributed by atoms with Gasteiger partial charge in [-0.05, 0) is 44.7 Å².